The number of aryl methyl sites for hydroxylation is 1. The highest BCUT2D eigenvalue weighted by Gasteiger charge is 2.41. The van der Waals surface area contributed by atoms with Crippen LogP contribution in [0.15, 0.2) is 124 Å². The Balaban J connectivity index is 0.940. The first-order valence-corrected chi connectivity index (χ1v) is 19.6. The second-order valence-electron chi connectivity index (χ2n) is 14.3. The Hall–Kier alpha value is -6.72. The van der Waals surface area contributed by atoms with E-state index in [1.165, 1.54) is 42.5 Å². The number of imide groups is 2. The third-order valence-electron chi connectivity index (χ3n) is 10.3. The number of rotatable bonds is 11. The Labute approximate surface area is 358 Å². The summed E-state index contributed by atoms with van der Waals surface area (Å²) in [5.41, 5.74) is 2.60. The van der Waals surface area contributed by atoms with Crippen LogP contribution in [0.4, 0.5) is 17.1 Å². The van der Waals surface area contributed by atoms with Gasteiger partial charge in [-0.1, -0.05) is 49.2 Å². The van der Waals surface area contributed by atoms with Gasteiger partial charge < -0.3 is 14.4 Å². The Bertz CT molecular complexity index is 2790. The summed E-state index contributed by atoms with van der Waals surface area (Å²) in [5.74, 6) is 4.57. The van der Waals surface area contributed by atoms with Gasteiger partial charge in [0.25, 0.3) is 29.3 Å². The molecule has 0 fully saturated rings. The summed E-state index contributed by atoms with van der Waals surface area (Å²) in [6.45, 7) is 5.83. The maximum Gasteiger partial charge on any atom is 0.293 e. The van der Waals surface area contributed by atoms with Crippen LogP contribution in [0.1, 0.15) is 72.0 Å². The summed E-state index contributed by atoms with van der Waals surface area (Å²) >= 11 is 6.79. The SMILES string of the molecule is Cc1ccc(N2C(=O)c3ccc(Oc4ccc(C(C)(C)c5ccc(Oc6ccc7c(c6)C(=O)N(c6c(Br)cc(OON)cc6Br)C7=O)cc5)cc4)cc3C2=O)c([N+](=O)[O-])c1. The molecule has 16 heteroatoms. The molecule has 2 aliphatic heterocycles. The first-order valence-electron chi connectivity index (χ1n) is 18.1. The fourth-order valence-electron chi connectivity index (χ4n) is 7.14. The molecule has 0 spiro atoms. The van der Waals surface area contributed by atoms with Crippen molar-refractivity contribution in [3.05, 3.63) is 173 Å². The molecule has 0 atom stereocenters. The van der Waals surface area contributed by atoms with Crippen LogP contribution in [0.2, 0.25) is 0 Å². The number of anilines is 2. The van der Waals surface area contributed by atoms with Crippen molar-refractivity contribution in [1.82, 2.24) is 0 Å². The van der Waals surface area contributed by atoms with Crippen molar-refractivity contribution in [2.24, 2.45) is 5.90 Å². The van der Waals surface area contributed by atoms with E-state index in [4.69, 9.17) is 20.3 Å². The van der Waals surface area contributed by atoms with Crippen LogP contribution in [0.5, 0.6) is 28.7 Å². The summed E-state index contributed by atoms with van der Waals surface area (Å²) in [5, 5.41) is 11.7. The fraction of sp³-hybridized carbons (Fsp3) is 0.0909. The van der Waals surface area contributed by atoms with Gasteiger partial charge in [0.2, 0.25) is 0 Å². The molecular formula is C44H30Br2N4O10. The van der Waals surface area contributed by atoms with Crippen LogP contribution in [0, 0.1) is 17.0 Å². The average Bonchev–Trinajstić information content (AvgIpc) is 3.61. The van der Waals surface area contributed by atoms with Crippen LogP contribution in [0.25, 0.3) is 0 Å². The Morgan fingerprint density at radius 3 is 1.52 bits per heavy atom. The normalized spacial score (nSPS) is 13.4. The van der Waals surface area contributed by atoms with Gasteiger partial charge >= 0.3 is 0 Å². The van der Waals surface area contributed by atoms with E-state index in [1.807, 2.05) is 36.4 Å². The molecule has 2 aliphatic rings. The van der Waals surface area contributed by atoms with Gasteiger partial charge in [0.05, 0.1) is 32.9 Å². The first kappa shape index (κ1) is 40.1. The number of benzene rings is 6. The zero-order valence-electron chi connectivity index (χ0n) is 31.7. The minimum absolute atomic E-state index is 0.0826. The summed E-state index contributed by atoms with van der Waals surface area (Å²) in [4.78, 5) is 75.7. The number of ether oxygens (including phenoxy) is 2. The van der Waals surface area contributed by atoms with Gasteiger partial charge in [-0.3, -0.25) is 29.3 Å². The highest BCUT2D eigenvalue weighted by atomic mass is 79.9. The number of nitrogens with two attached hydrogens (primary N) is 1. The lowest BCUT2D eigenvalue weighted by Gasteiger charge is -2.26. The molecule has 0 unspecified atom stereocenters. The number of hydrogen-bond donors (Lipinski definition) is 1. The van der Waals surface area contributed by atoms with E-state index in [0.717, 1.165) is 20.9 Å². The van der Waals surface area contributed by atoms with E-state index >= 15 is 0 Å². The summed E-state index contributed by atoms with van der Waals surface area (Å²) < 4.78 is 13.0. The number of nitro groups is 1. The number of amides is 4. The van der Waals surface area contributed by atoms with Crippen LogP contribution in [-0.4, -0.2) is 28.6 Å². The molecule has 0 aliphatic carbocycles. The van der Waals surface area contributed by atoms with Crippen molar-refractivity contribution in [2.75, 3.05) is 9.80 Å². The van der Waals surface area contributed by atoms with Gasteiger partial charge in [-0.25, -0.2) is 9.80 Å². The molecule has 0 saturated carbocycles. The van der Waals surface area contributed by atoms with Crippen LogP contribution >= 0.6 is 31.9 Å². The largest absolute Gasteiger partial charge is 0.457 e. The molecule has 60 heavy (non-hydrogen) atoms. The molecule has 2 N–H and O–H groups in total. The number of nitrogens with zero attached hydrogens (tertiary/aromatic N) is 3. The predicted molar refractivity (Wildman–Crippen MR) is 226 cm³/mol. The molecular weight excluding hydrogens is 904 g/mol. The van der Waals surface area contributed by atoms with Gasteiger partial charge in [0.1, 0.15) is 28.7 Å². The van der Waals surface area contributed by atoms with Gasteiger partial charge in [-0.2, -0.15) is 5.90 Å². The number of hydrogen-bond acceptors (Lipinski definition) is 11. The summed E-state index contributed by atoms with van der Waals surface area (Å²) in [6.07, 6.45) is 0. The maximum atomic E-state index is 13.6. The molecule has 6 aromatic carbocycles. The van der Waals surface area contributed by atoms with Crippen molar-refractivity contribution >= 4 is 72.6 Å². The number of carbonyl (C=O) groups excluding carboxylic acids is 4. The minimum atomic E-state index is -0.678. The molecule has 14 nitrogen and oxygen atoms in total. The number of fused-ring (bicyclic) bond motifs is 2. The summed E-state index contributed by atoms with van der Waals surface area (Å²) in [6, 6.07) is 31.6. The fourth-order valence-corrected chi connectivity index (χ4v) is 8.63. The monoisotopic (exact) mass is 932 g/mol. The van der Waals surface area contributed by atoms with Crippen LogP contribution in [0.3, 0.4) is 0 Å². The highest BCUT2D eigenvalue weighted by Crippen LogP contribution is 2.43. The lowest BCUT2D eigenvalue weighted by Crippen LogP contribution is -2.30. The second-order valence-corrected chi connectivity index (χ2v) is 16.1. The molecule has 6 aromatic rings. The van der Waals surface area contributed by atoms with E-state index in [2.05, 4.69) is 50.7 Å². The number of nitro benzene ring substituents is 1. The van der Waals surface area contributed by atoms with Crippen molar-refractivity contribution in [1.29, 1.82) is 0 Å². The maximum absolute atomic E-state index is 13.6. The Morgan fingerprint density at radius 2 is 1.03 bits per heavy atom. The molecule has 0 radical (unpaired) electrons. The molecule has 0 saturated heterocycles. The van der Waals surface area contributed by atoms with Crippen molar-refractivity contribution < 1.29 is 43.5 Å². The third kappa shape index (κ3) is 7.08. The van der Waals surface area contributed by atoms with Gasteiger partial charge in [0.15, 0.2) is 5.75 Å². The quantitative estimate of drug-likeness (QED) is 0.0565. The van der Waals surface area contributed by atoms with Gasteiger partial charge in [-0.05, 0) is 122 Å². The molecule has 300 valence electrons. The molecule has 0 bridgehead atoms. The van der Waals surface area contributed by atoms with Crippen molar-refractivity contribution in [3.8, 4) is 28.7 Å². The predicted octanol–water partition coefficient (Wildman–Crippen LogP) is 10.1. The van der Waals surface area contributed by atoms with Gasteiger partial charge in [0, 0.05) is 32.6 Å². The summed E-state index contributed by atoms with van der Waals surface area (Å²) in [7, 11) is 0. The standard InChI is InChI=1S/C44H30Br2N4O10/c1-23-4-17-37(38(18-23)50(55)56)48-40(51)31-15-13-28(19-33(31)42(48)53)57-26-9-5-24(6-10-26)44(2,3)25-7-11-27(12-8-25)58-29-14-16-32-34(20-29)43(54)49(41(32)52)39-35(45)21-30(59-60-47)22-36(39)46/h4-22H,47H2,1-3H3. The van der Waals surface area contributed by atoms with Crippen molar-refractivity contribution in [3.63, 3.8) is 0 Å². The van der Waals surface area contributed by atoms with Crippen LogP contribution in [-0.2, 0) is 10.4 Å². The van der Waals surface area contributed by atoms with Crippen LogP contribution < -0.4 is 30.1 Å². The van der Waals surface area contributed by atoms with E-state index in [1.54, 1.807) is 43.3 Å². The average molecular weight is 935 g/mol. The minimum Gasteiger partial charge on any atom is -0.457 e. The van der Waals surface area contributed by atoms with E-state index in [9.17, 15) is 29.3 Å². The van der Waals surface area contributed by atoms with E-state index in [-0.39, 0.29) is 45.1 Å². The highest BCUT2D eigenvalue weighted by molar-refractivity contribution is 9.11. The Morgan fingerprint density at radius 1 is 0.583 bits per heavy atom. The lowest BCUT2D eigenvalue weighted by molar-refractivity contribution is -0.384. The van der Waals surface area contributed by atoms with E-state index in [0.29, 0.717) is 37.5 Å². The zero-order chi connectivity index (χ0) is 42.6. The molecule has 8 rings (SSSR count). The molecule has 2 heterocycles. The topological polar surface area (TPSA) is 181 Å². The van der Waals surface area contributed by atoms with Gasteiger partial charge in [-0.15, -0.1) is 0 Å². The smallest absolute Gasteiger partial charge is 0.293 e. The Kier molecular flexibility index (Phi) is 10.3. The van der Waals surface area contributed by atoms with Crippen molar-refractivity contribution in [2.45, 2.75) is 26.2 Å². The molecule has 4 amide bonds. The lowest BCUT2D eigenvalue weighted by atomic mass is 9.78. The zero-order valence-corrected chi connectivity index (χ0v) is 34.9. The van der Waals surface area contributed by atoms with E-state index < -0.39 is 34.0 Å². The number of carbonyl (C=O) groups is 4. The molecule has 0 aromatic heterocycles. The second kappa shape index (κ2) is 15.5. The number of halogens is 2. The third-order valence-corrected chi connectivity index (χ3v) is 11.5. The first-order chi connectivity index (χ1) is 28.7.